The van der Waals surface area contributed by atoms with E-state index in [1.807, 2.05) is 0 Å². The maximum atomic E-state index is 13.4. The maximum absolute atomic E-state index is 13.4. The third-order valence-corrected chi connectivity index (χ3v) is 5.31. The molecule has 0 atom stereocenters. The molecular weight excluding hydrogens is 452 g/mol. The molecule has 3 rings (SSSR count). The van der Waals surface area contributed by atoms with Gasteiger partial charge >= 0.3 is 0 Å². The minimum absolute atomic E-state index is 0.186. The second kappa shape index (κ2) is 12.8. The number of anilines is 1. The van der Waals surface area contributed by atoms with Crippen molar-refractivity contribution in [1.82, 2.24) is 4.98 Å². The Hall–Kier alpha value is -3.38. The number of benzene rings is 2. The number of ether oxygens (including phenoxy) is 2. The molecule has 7 heteroatoms. The number of amides is 2. The van der Waals surface area contributed by atoms with Crippen molar-refractivity contribution in [1.29, 1.82) is 0 Å². The number of imide groups is 1. The number of hydrogen-bond donors (Lipinski definition) is 0. The van der Waals surface area contributed by atoms with E-state index in [2.05, 4.69) is 18.8 Å². The maximum Gasteiger partial charge on any atom is 0.266 e. The summed E-state index contributed by atoms with van der Waals surface area (Å²) in [5.74, 6) is 0.537. The predicted molar refractivity (Wildman–Crippen MR) is 134 cm³/mol. The van der Waals surface area contributed by atoms with E-state index in [4.69, 9.17) is 21.1 Å². The Labute approximate surface area is 205 Å². The summed E-state index contributed by atoms with van der Waals surface area (Å²) in [6.07, 6.45) is 5.38. The largest absolute Gasteiger partial charge is 0.494 e. The lowest BCUT2D eigenvalue weighted by atomic mass is 10.1. The summed E-state index contributed by atoms with van der Waals surface area (Å²) in [5.41, 5.74) is 0.680. The number of rotatable bonds is 11. The molecule has 2 aromatic carbocycles. The van der Waals surface area contributed by atoms with Gasteiger partial charge in [0.1, 0.15) is 17.3 Å². The van der Waals surface area contributed by atoms with Crippen molar-refractivity contribution in [3.63, 3.8) is 0 Å². The van der Waals surface area contributed by atoms with Gasteiger partial charge in [0.2, 0.25) is 0 Å². The van der Waals surface area contributed by atoms with Gasteiger partial charge in [0.15, 0.2) is 0 Å². The summed E-state index contributed by atoms with van der Waals surface area (Å²) in [4.78, 5) is 32.1. The highest BCUT2D eigenvalue weighted by atomic mass is 35.5. The average molecular weight is 481 g/mol. The Morgan fingerprint density at radius 3 is 1.62 bits per heavy atom. The Morgan fingerprint density at radius 1 is 0.765 bits per heavy atom. The van der Waals surface area contributed by atoms with Gasteiger partial charge in [0.25, 0.3) is 11.8 Å². The zero-order valence-corrected chi connectivity index (χ0v) is 20.3. The highest BCUT2D eigenvalue weighted by Crippen LogP contribution is 2.23. The fourth-order valence-electron chi connectivity index (χ4n) is 3.11. The average Bonchev–Trinajstić information content (AvgIpc) is 2.86. The van der Waals surface area contributed by atoms with Crippen molar-refractivity contribution in [3.05, 3.63) is 83.0 Å². The molecule has 6 nitrogen and oxygen atoms in total. The van der Waals surface area contributed by atoms with Gasteiger partial charge in [-0.25, -0.2) is 9.88 Å². The third kappa shape index (κ3) is 6.81. The van der Waals surface area contributed by atoms with Crippen LogP contribution in [0.2, 0.25) is 5.02 Å². The molecule has 0 radical (unpaired) electrons. The first-order chi connectivity index (χ1) is 16.5. The highest BCUT2D eigenvalue weighted by Gasteiger charge is 2.27. The van der Waals surface area contributed by atoms with Gasteiger partial charge in [-0.3, -0.25) is 9.59 Å². The summed E-state index contributed by atoms with van der Waals surface area (Å²) in [5, 5.41) is 0.408. The van der Waals surface area contributed by atoms with Crippen LogP contribution in [0.15, 0.2) is 66.9 Å². The van der Waals surface area contributed by atoms with Crippen LogP contribution in [0.25, 0.3) is 0 Å². The van der Waals surface area contributed by atoms with E-state index in [-0.39, 0.29) is 5.82 Å². The molecule has 0 spiro atoms. The molecule has 0 fully saturated rings. The van der Waals surface area contributed by atoms with E-state index in [0.717, 1.165) is 30.6 Å². The van der Waals surface area contributed by atoms with E-state index >= 15 is 0 Å². The molecule has 0 unspecified atom stereocenters. The lowest BCUT2D eigenvalue weighted by Crippen LogP contribution is -2.37. The smallest absolute Gasteiger partial charge is 0.266 e. The molecule has 0 aliphatic rings. The molecule has 0 saturated carbocycles. The van der Waals surface area contributed by atoms with E-state index in [9.17, 15) is 9.59 Å². The van der Waals surface area contributed by atoms with E-state index < -0.39 is 11.8 Å². The quantitative estimate of drug-likeness (QED) is 0.229. The molecule has 3 aromatic rings. The first-order valence-corrected chi connectivity index (χ1v) is 11.9. The van der Waals surface area contributed by atoms with E-state index in [1.54, 1.807) is 60.7 Å². The second-order valence-electron chi connectivity index (χ2n) is 7.73. The van der Waals surface area contributed by atoms with Crippen molar-refractivity contribution in [2.24, 2.45) is 0 Å². The van der Waals surface area contributed by atoms with Gasteiger partial charge in [-0.05, 0) is 73.5 Å². The molecule has 0 aliphatic heterocycles. The first kappa shape index (κ1) is 25.2. The topological polar surface area (TPSA) is 68.7 Å². The van der Waals surface area contributed by atoms with Crippen molar-refractivity contribution < 1.29 is 19.1 Å². The molecule has 0 aliphatic carbocycles. The Kier molecular flexibility index (Phi) is 9.47. The van der Waals surface area contributed by atoms with Crippen molar-refractivity contribution >= 4 is 29.2 Å². The van der Waals surface area contributed by atoms with Crippen LogP contribution in [0.5, 0.6) is 11.5 Å². The molecule has 2 amide bonds. The van der Waals surface area contributed by atoms with Crippen LogP contribution in [0.1, 0.15) is 60.2 Å². The van der Waals surface area contributed by atoms with Gasteiger partial charge in [-0.1, -0.05) is 38.3 Å². The van der Waals surface area contributed by atoms with Crippen LogP contribution in [0.3, 0.4) is 0 Å². The zero-order valence-electron chi connectivity index (χ0n) is 19.5. The van der Waals surface area contributed by atoms with Crippen LogP contribution < -0.4 is 14.4 Å². The Morgan fingerprint density at radius 2 is 1.24 bits per heavy atom. The van der Waals surface area contributed by atoms with Gasteiger partial charge in [0.05, 0.1) is 18.2 Å². The summed E-state index contributed by atoms with van der Waals surface area (Å²) in [7, 11) is 0. The second-order valence-corrected chi connectivity index (χ2v) is 8.17. The Balaban J connectivity index is 1.84. The minimum Gasteiger partial charge on any atom is -0.494 e. The van der Waals surface area contributed by atoms with Crippen molar-refractivity contribution in [3.8, 4) is 11.5 Å². The van der Waals surface area contributed by atoms with Crippen LogP contribution >= 0.6 is 11.6 Å². The molecule has 0 N–H and O–H groups in total. The molecule has 1 aromatic heterocycles. The number of halogens is 1. The van der Waals surface area contributed by atoms with Crippen LogP contribution in [-0.4, -0.2) is 30.0 Å². The number of aromatic nitrogens is 1. The summed E-state index contributed by atoms with van der Waals surface area (Å²) in [6, 6.07) is 16.6. The van der Waals surface area contributed by atoms with Crippen LogP contribution in [-0.2, 0) is 0 Å². The summed E-state index contributed by atoms with van der Waals surface area (Å²) < 4.78 is 11.3. The van der Waals surface area contributed by atoms with E-state index in [0.29, 0.717) is 40.9 Å². The number of carbonyl (C=O) groups is 2. The lowest BCUT2D eigenvalue weighted by molar-refractivity contribution is 0.0896. The SMILES string of the molecule is CCCCOc1ccc(C(=O)N(C(=O)c2ccc(OCCCC)cc2)c2ccc(Cl)cn2)cc1. The monoisotopic (exact) mass is 480 g/mol. The number of carbonyl (C=O) groups excluding carboxylic acids is 2. The fourth-order valence-corrected chi connectivity index (χ4v) is 3.23. The molecule has 1 heterocycles. The Bertz CT molecular complexity index is 1000. The number of pyridine rings is 1. The third-order valence-electron chi connectivity index (χ3n) is 5.08. The van der Waals surface area contributed by atoms with Gasteiger partial charge < -0.3 is 9.47 Å². The molecular formula is C27H29ClN2O4. The first-order valence-electron chi connectivity index (χ1n) is 11.5. The molecule has 0 saturated heterocycles. The predicted octanol–water partition coefficient (Wildman–Crippen LogP) is 6.58. The van der Waals surface area contributed by atoms with Crippen LogP contribution in [0.4, 0.5) is 5.82 Å². The fraction of sp³-hybridized carbons (Fsp3) is 0.296. The summed E-state index contributed by atoms with van der Waals surface area (Å²) >= 11 is 5.97. The number of hydrogen-bond acceptors (Lipinski definition) is 5. The minimum atomic E-state index is -0.497. The normalized spacial score (nSPS) is 10.6. The molecule has 0 bridgehead atoms. The van der Waals surface area contributed by atoms with Gasteiger partial charge in [-0.2, -0.15) is 0 Å². The van der Waals surface area contributed by atoms with Gasteiger partial charge in [0, 0.05) is 17.3 Å². The van der Waals surface area contributed by atoms with Crippen molar-refractivity contribution in [2.75, 3.05) is 18.1 Å². The number of unbranched alkanes of at least 4 members (excludes halogenated alkanes) is 2. The standard InChI is InChI=1S/C27H29ClN2O4/c1-3-5-17-33-23-12-7-20(8-13-23)26(31)30(25-16-11-22(28)19-29-25)27(32)21-9-14-24(15-10-21)34-18-6-4-2/h7-16,19H,3-6,17-18H2,1-2H3. The highest BCUT2D eigenvalue weighted by molar-refractivity contribution is 6.30. The molecule has 178 valence electrons. The molecule has 34 heavy (non-hydrogen) atoms. The summed E-state index contributed by atoms with van der Waals surface area (Å²) in [6.45, 7) is 5.41. The van der Waals surface area contributed by atoms with Crippen LogP contribution in [0, 0.1) is 0 Å². The number of nitrogens with zero attached hydrogens (tertiary/aromatic N) is 2. The zero-order chi connectivity index (χ0) is 24.3. The van der Waals surface area contributed by atoms with E-state index in [1.165, 1.54) is 6.20 Å². The van der Waals surface area contributed by atoms with Crippen molar-refractivity contribution in [2.45, 2.75) is 39.5 Å². The lowest BCUT2D eigenvalue weighted by Gasteiger charge is -2.20. The van der Waals surface area contributed by atoms with Gasteiger partial charge in [-0.15, -0.1) is 0 Å².